The van der Waals surface area contributed by atoms with Gasteiger partial charge in [-0.15, -0.1) is 0 Å². The number of hydrogen-bond donors (Lipinski definition) is 1. The van der Waals surface area contributed by atoms with Crippen molar-refractivity contribution in [2.45, 2.75) is 18.9 Å². The van der Waals surface area contributed by atoms with Crippen molar-refractivity contribution in [3.8, 4) is 0 Å². The van der Waals surface area contributed by atoms with Crippen LogP contribution in [-0.2, 0) is 10.3 Å². The molecule has 3 aromatic rings. The van der Waals surface area contributed by atoms with E-state index in [1.807, 2.05) is 13.0 Å². The lowest BCUT2D eigenvalue weighted by atomic mass is 9.84. The predicted octanol–water partition coefficient (Wildman–Crippen LogP) is 2.16. The van der Waals surface area contributed by atoms with E-state index in [4.69, 9.17) is 4.42 Å². The summed E-state index contributed by atoms with van der Waals surface area (Å²) in [6, 6.07) is 12.3. The van der Waals surface area contributed by atoms with Gasteiger partial charge in [-0.2, -0.15) is 0 Å². The molecular formula is C23H20N2O5. The molecule has 0 saturated carbocycles. The Labute approximate surface area is 172 Å². The fraction of sp³-hybridized carbons (Fsp3) is 0.261. The first kappa shape index (κ1) is 18.6. The molecule has 0 fully saturated rings. The van der Waals surface area contributed by atoms with Crippen LogP contribution in [0.25, 0.3) is 11.0 Å². The van der Waals surface area contributed by atoms with Gasteiger partial charge in [-0.1, -0.05) is 29.8 Å². The van der Waals surface area contributed by atoms with Gasteiger partial charge < -0.3 is 19.3 Å². The molecule has 2 amide bonds. The lowest BCUT2D eigenvalue weighted by molar-refractivity contribution is -0.125. The molecule has 0 bridgehead atoms. The standard InChI is InChI=1S/C23H20N2O5/c1-13-8-9-17-14(12-13)19(27)18-20(30-17)21(28)25(10-5-11-26)23(18)15-6-3-4-7-16(15)24(2)22(23)29/h3-4,6-9,12,26H,5,10-11H2,1-2H3/t23-/m1/s1. The van der Waals surface area contributed by atoms with Gasteiger partial charge >= 0.3 is 0 Å². The molecule has 1 atom stereocenters. The summed E-state index contributed by atoms with van der Waals surface area (Å²) in [4.78, 5) is 43.7. The first-order valence-corrected chi connectivity index (χ1v) is 9.81. The Bertz CT molecular complexity index is 1290. The molecule has 7 nitrogen and oxygen atoms in total. The Balaban J connectivity index is 1.93. The first-order valence-electron chi connectivity index (χ1n) is 9.81. The van der Waals surface area contributed by atoms with Crippen LogP contribution in [0.15, 0.2) is 51.7 Å². The minimum Gasteiger partial charge on any atom is -0.450 e. The molecule has 2 aliphatic rings. The zero-order chi connectivity index (χ0) is 21.2. The summed E-state index contributed by atoms with van der Waals surface area (Å²) in [5, 5.41) is 9.73. The normalized spacial score (nSPS) is 19.8. The highest BCUT2D eigenvalue weighted by atomic mass is 16.3. The van der Waals surface area contributed by atoms with Crippen molar-refractivity contribution >= 4 is 28.5 Å². The molecule has 1 aromatic heterocycles. The summed E-state index contributed by atoms with van der Waals surface area (Å²) in [5.74, 6) is -1.00. The molecule has 1 spiro atoms. The Morgan fingerprint density at radius 2 is 1.87 bits per heavy atom. The zero-order valence-corrected chi connectivity index (χ0v) is 16.6. The van der Waals surface area contributed by atoms with Crippen molar-refractivity contribution in [1.29, 1.82) is 0 Å². The number of anilines is 1. The van der Waals surface area contributed by atoms with Crippen LogP contribution in [0.4, 0.5) is 5.69 Å². The molecule has 152 valence electrons. The molecule has 7 heteroatoms. The summed E-state index contributed by atoms with van der Waals surface area (Å²) in [6.45, 7) is 1.83. The highest BCUT2D eigenvalue weighted by Gasteiger charge is 2.64. The van der Waals surface area contributed by atoms with E-state index in [0.717, 1.165) is 5.56 Å². The van der Waals surface area contributed by atoms with Crippen LogP contribution in [0, 0.1) is 6.92 Å². The molecule has 0 unspecified atom stereocenters. The van der Waals surface area contributed by atoms with E-state index < -0.39 is 11.4 Å². The second-order valence-corrected chi connectivity index (χ2v) is 7.76. The van der Waals surface area contributed by atoms with Gasteiger partial charge in [0, 0.05) is 31.5 Å². The molecule has 30 heavy (non-hydrogen) atoms. The fourth-order valence-corrected chi connectivity index (χ4v) is 4.74. The van der Waals surface area contributed by atoms with Gasteiger partial charge in [-0.25, -0.2) is 0 Å². The average Bonchev–Trinajstić information content (AvgIpc) is 3.12. The summed E-state index contributed by atoms with van der Waals surface area (Å²) in [5.41, 5.74) is 0.483. The quantitative estimate of drug-likeness (QED) is 0.722. The second kappa shape index (κ2) is 6.27. The highest BCUT2D eigenvalue weighted by molar-refractivity contribution is 6.16. The molecule has 2 aromatic carbocycles. The van der Waals surface area contributed by atoms with E-state index in [1.54, 1.807) is 43.4 Å². The Kier molecular flexibility index (Phi) is 3.88. The SMILES string of the molecule is Cc1ccc2oc3c(c(=O)c2c1)[C@]1(C(=O)N(C)c2ccccc21)N(CCCO)C3=O. The minimum atomic E-state index is -1.59. The van der Waals surface area contributed by atoms with Gasteiger partial charge in [0.25, 0.3) is 11.8 Å². The molecule has 1 N–H and O–H groups in total. The number of nitrogens with zero attached hydrogens (tertiary/aromatic N) is 2. The number of benzene rings is 2. The van der Waals surface area contributed by atoms with Crippen molar-refractivity contribution < 1.29 is 19.1 Å². The van der Waals surface area contributed by atoms with Gasteiger partial charge in [-0.05, 0) is 31.5 Å². The Morgan fingerprint density at radius 1 is 1.10 bits per heavy atom. The van der Waals surface area contributed by atoms with Crippen LogP contribution in [0.5, 0.6) is 0 Å². The maximum absolute atomic E-state index is 13.7. The molecule has 3 heterocycles. The number of aliphatic hydroxyl groups is 1. The third-order valence-corrected chi connectivity index (χ3v) is 6.06. The van der Waals surface area contributed by atoms with Crippen LogP contribution in [-0.4, -0.2) is 42.0 Å². The minimum absolute atomic E-state index is 0.0605. The molecule has 0 saturated heterocycles. The van der Waals surface area contributed by atoms with E-state index in [1.165, 1.54) is 9.80 Å². The fourth-order valence-electron chi connectivity index (χ4n) is 4.74. The lowest BCUT2D eigenvalue weighted by Gasteiger charge is -2.33. The second-order valence-electron chi connectivity index (χ2n) is 7.76. The number of likely N-dealkylation sites (N-methyl/N-ethyl adjacent to an activating group) is 1. The Hall–Kier alpha value is -3.45. The van der Waals surface area contributed by atoms with E-state index in [9.17, 15) is 19.5 Å². The monoisotopic (exact) mass is 404 g/mol. The van der Waals surface area contributed by atoms with Gasteiger partial charge in [-0.3, -0.25) is 14.4 Å². The van der Waals surface area contributed by atoms with E-state index in [2.05, 4.69) is 0 Å². The third-order valence-electron chi connectivity index (χ3n) is 6.06. The number of hydrogen-bond acceptors (Lipinski definition) is 5. The first-order chi connectivity index (χ1) is 14.4. The summed E-state index contributed by atoms with van der Waals surface area (Å²) < 4.78 is 5.92. The smallest absolute Gasteiger partial charge is 0.291 e. The summed E-state index contributed by atoms with van der Waals surface area (Å²) >= 11 is 0. The van der Waals surface area contributed by atoms with Crippen LogP contribution in [0.1, 0.15) is 33.7 Å². The zero-order valence-electron chi connectivity index (χ0n) is 16.6. The van der Waals surface area contributed by atoms with Crippen molar-refractivity contribution in [3.63, 3.8) is 0 Å². The number of rotatable bonds is 3. The lowest BCUT2D eigenvalue weighted by Crippen LogP contribution is -2.53. The number of aryl methyl sites for hydroxylation is 1. The topological polar surface area (TPSA) is 91.1 Å². The number of carbonyl (C=O) groups excluding carboxylic acids is 2. The predicted molar refractivity (Wildman–Crippen MR) is 111 cm³/mol. The van der Waals surface area contributed by atoms with Crippen LogP contribution in [0.3, 0.4) is 0 Å². The summed E-state index contributed by atoms with van der Waals surface area (Å²) in [6.07, 6.45) is 0.271. The number of amides is 2. The molecule has 0 radical (unpaired) electrons. The number of para-hydroxylation sites is 1. The van der Waals surface area contributed by atoms with Gasteiger partial charge in [0.2, 0.25) is 5.76 Å². The summed E-state index contributed by atoms with van der Waals surface area (Å²) in [7, 11) is 1.63. The van der Waals surface area contributed by atoms with Crippen LogP contribution >= 0.6 is 0 Å². The Morgan fingerprint density at radius 3 is 2.63 bits per heavy atom. The maximum Gasteiger partial charge on any atom is 0.291 e. The van der Waals surface area contributed by atoms with Crippen LogP contribution in [0.2, 0.25) is 0 Å². The number of aliphatic hydroxyl groups excluding tert-OH is 1. The van der Waals surface area contributed by atoms with Crippen molar-refractivity contribution in [3.05, 3.63) is 75.1 Å². The van der Waals surface area contributed by atoms with Crippen LogP contribution < -0.4 is 10.3 Å². The number of carbonyl (C=O) groups is 2. The largest absolute Gasteiger partial charge is 0.450 e. The maximum atomic E-state index is 13.7. The third kappa shape index (κ3) is 2.10. The van der Waals surface area contributed by atoms with Gasteiger partial charge in [0.1, 0.15) is 5.58 Å². The number of fused-ring (bicyclic) bond motifs is 5. The van der Waals surface area contributed by atoms with Crippen molar-refractivity contribution in [2.75, 3.05) is 25.1 Å². The molecular weight excluding hydrogens is 384 g/mol. The molecule has 2 aliphatic heterocycles. The van der Waals surface area contributed by atoms with Gasteiger partial charge in [0.15, 0.2) is 11.0 Å². The van der Waals surface area contributed by atoms with E-state index in [0.29, 0.717) is 22.2 Å². The van der Waals surface area contributed by atoms with Crippen molar-refractivity contribution in [1.82, 2.24) is 4.90 Å². The highest BCUT2D eigenvalue weighted by Crippen LogP contribution is 2.52. The van der Waals surface area contributed by atoms with Gasteiger partial charge in [0.05, 0.1) is 10.9 Å². The van der Waals surface area contributed by atoms with E-state index >= 15 is 0 Å². The van der Waals surface area contributed by atoms with Crippen molar-refractivity contribution in [2.24, 2.45) is 0 Å². The van der Waals surface area contributed by atoms with E-state index in [-0.39, 0.29) is 42.2 Å². The molecule has 5 rings (SSSR count). The average molecular weight is 404 g/mol. The molecule has 0 aliphatic carbocycles.